The van der Waals surface area contributed by atoms with Crippen molar-refractivity contribution in [3.8, 4) is 0 Å². The Morgan fingerprint density at radius 1 is 1.19 bits per heavy atom. The van der Waals surface area contributed by atoms with Crippen LogP contribution in [0.5, 0.6) is 0 Å². The SMILES string of the molecule is CCCCCCC(NC)c1ccccc1F. The number of nitrogens with one attached hydrogen (secondary N) is 1. The van der Waals surface area contributed by atoms with Crippen LogP contribution in [-0.2, 0) is 0 Å². The molecule has 0 saturated carbocycles. The predicted octanol–water partition coefficient (Wildman–Crippen LogP) is 4.06. The lowest BCUT2D eigenvalue weighted by Gasteiger charge is -2.17. The highest BCUT2D eigenvalue weighted by Gasteiger charge is 2.12. The van der Waals surface area contributed by atoms with Crippen LogP contribution >= 0.6 is 0 Å². The molecule has 0 aromatic heterocycles. The van der Waals surface area contributed by atoms with E-state index in [1.807, 2.05) is 19.2 Å². The molecule has 1 aromatic carbocycles. The maximum absolute atomic E-state index is 13.6. The van der Waals surface area contributed by atoms with Gasteiger partial charge in [0.1, 0.15) is 5.82 Å². The zero-order valence-electron chi connectivity index (χ0n) is 10.3. The molecule has 0 fully saturated rings. The van der Waals surface area contributed by atoms with Crippen molar-refractivity contribution in [2.45, 2.75) is 45.1 Å². The Morgan fingerprint density at radius 2 is 1.94 bits per heavy atom. The van der Waals surface area contributed by atoms with Crippen LogP contribution in [0.4, 0.5) is 4.39 Å². The minimum atomic E-state index is -0.0997. The molecule has 0 amide bonds. The Balaban J connectivity index is 2.51. The minimum Gasteiger partial charge on any atom is -0.313 e. The summed E-state index contributed by atoms with van der Waals surface area (Å²) in [7, 11) is 1.90. The van der Waals surface area contributed by atoms with Gasteiger partial charge in [-0.2, -0.15) is 0 Å². The van der Waals surface area contributed by atoms with Crippen LogP contribution < -0.4 is 5.32 Å². The van der Waals surface area contributed by atoms with Gasteiger partial charge in [-0.05, 0) is 19.5 Å². The molecule has 0 bridgehead atoms. The summed E-state index contributed by atoms with van der Waals surface area (Å²) < 4.78 is 13.6. The average molecular weight is 223 g/mol. The molecule has 2 heteroatoms. The molecule has 0 radical (unpaired) electrons. The van der Waals surface area contributed by atoms with Gasteiger partial charge in [0.15, 0.2) is 0 Å². The fourth-order valence-corrected chi connectivity index (χ4v) is 1.99. The average Bonchev–Trinajstić information content (AvgIpc) is 2.31. The molecule has 1 unspecified atom stereocenters. The van der Waals surface area contributed by atoms with E-state index in [2.05, 4.69) is 12.2 Å². The zero-order chi connectivity index (χ0) is 11.8. The molecule has 1 rings (SSSR count). The number of halogens is 1. The third-order valence-electron chi connectivity index (χ3n) is 2.98. The number of hydrogen-bond acceptors (Lipinski definition) is 1. The van der Waals surface area contributed by atoms with Gasteiger partial charge in [-0.25, -0.2) is 4.39 Å². The van der Waals surface area contributed by atoms with Crippen LogP contribution in [0.25, 0.3) is 0 Å². The third-order valence-corrected chi connectivity index (χ3v) is 2.98. The fraction of sp³-hybridized carbons (Fsp3) is 0.571. The quantitative estimate of drug-likeness (QED) is 0.687. The first-order valence-corrected chi connectivity index (χ1v) is 6.21. The highest BCUT2D eigenvalue weighted by Crippen LogP contribution is 2.22. The van der Waals surface area contributed by atoms with E-state index in [1.165, 1.54) is 25.3 Å². The maximum Gasteiger partial charge on any atom is 0.127 e. The van der Waals surface area contributed by atoms with Crippen LogP contribution in [0.1, 0.15) is 50.6 Å². The van der Waals surface area contributed by atoms with Crippen LogP contribution in [0.15, 0.2) is 24.3 Å². The van der Waals surface area contributed by atoms with Crippen molar-refractivity contribution in [3.63, 3.8) is 0 Å². The fourth-order valence-electron chi connectivity index (χ4n) is 1.99. The Labute approximate surface area is 98.1 Å². The normalized spacial score (nSPS) is 12.7. The lowest BCUT2D eigenvalue weighted by atomic mass is 10.00. The molecule has 90 valence electrons. The van der Waals surface area contributed by atoms with Gasteiger partial charge in [-0.3, -0.25) is 0 Å². The van der Waals surface area contributed by atoms with Gasteiger partial charge in [0.25, 0.3) is 0 Å². The van der Waals surface area contributed by atoms with E-state index < -0.39 is 0 Å². The smallest absolute Gasteiger partial charge is 0.127 e. The molecule has 0 aliphatic carbocycles. The Morgan fingerprint density at radius 3 is 2.56 bits per heavy atom. The highest BCUT2D eigenvalue weighted by molar-refractivity contribution is 5.20. The summed E-state index contributed by atoms with van der Waals surface area (Å²) in [6.07, 6.45) is 5.92. The molecule has 0 heterocycles. The number of unbranched alkanes of at least 4 members (excludes halogenated alkanes) is 3. The number of rotatable bonds is 7. The van der Waals surface area contributed by atoms with Crippen LogP contribution in [0.3, 0.4) is 0 Å². The molecule has 0 aliphatic heterocycles. The second-order valence-electron chi connectivity index (χ2n) is 4.21. The van der Waals surface area contributed by atoms with E-state index >= 15 is 0 Å². The topological polar surface area (TPSA) is 12.0 Å². The van der Waals surface area contributed by atoms with Crippen molar-refractivity contribution in [2.75, 3.05) is 7.05 Å². The van der Waals surface area contributed by atoms with E-state index in [-0.39, 0.29) is 11.9 Å². The molecule has 1 nitrogen and oxygen atoms in total. The largest absolute Gasteiger partial charge is 0.313 e. The van der Waals surface area contributed by atoms with Crippen molar-refractivity contribution in [1.82, 2.24) is 5.32 Å². The second-order valence-corrected chi connectivity index (χ2v) is 4.21. The lowest BCUT2D eigenvalue weighted by Crippen LogP contribution is -2.17. The maximum atomic E-state index is 13.6. The van der Waals surface area contributed by atoms with E-state index in [9.17, 15) is 4.39 Å². The van der Waals surface area contributed by atoms with Crippen LogP contribution in [0, 0.1) is 5.82 Å². The molecule has 0 aliphatic rings. The summed E-state index contributed by atoms with van der Waals surface area (Å²) in [6, 6.07) is 7.19. The first kappa shape index (κ1) is 13.2. The monoisotopic (exact) mass is 223 g/mol. The molecular formula is C14H22FN. The minimum absolute atomic E-state index is 0.0997. The number of benzene rings is 1. The molecular weight excluding hydrogens is 201 g/mol. The van der Waals surface area contributed by atoms with Crippen molar-refractivity contribution < 1.29 is 4.39 Å². The summed E-state index contributed by atoms with van der Waals surface area (Å²) in [5.41, 5.74) is 0.793. The zero-order valence-corrected chi connectivity index (χ0v) is 10.3. The highest BCUT2D eigenvalue weighted by atomic mass is 19.1. The van der Waals surface area contributed by atoms with Gasteiger partial charge in [0.05, 0.1) is 0 Å². The summed E-state index contributed by atoms with van der Waals surface area (Å²) in [5, 5.41) is 3.20. The van der Waals surface area contributed by atoms with Crippen molar-refractivity contribution in [3.05, 3.63) is 35.6 Å². The summed E-state index contributed by atoms with van der Waals surface area (Å²) >= 11 is 0. The second kappa shape index (κ2) is 7.39. The van der Waals surface area contributed by atoms with Gasteiger partial charge in [-0.1, -0.05) is 50.8 Å². The Hall–Kier alpha value is -0.890. The standard InChI is InChI=1S/C14H22FN/c1-3-4-5-6-11-14(16-2)12-9-7-8-10-13(12)15/h7-10,14,16H,3-6,11H2,1-2H3. The summed E-state index contributed by atoms with van der Waals surface area (Å²) in [4.78, 5) is 0. The van der Waals surface area contributed by atoms with Crippen LogP contribution in [0.2, 0.25) is 0 Å². The van der Waals surface area contributed by atoms with E-state index in [0.29, 0.717) is 0 Å². The summed E-state index contributed by atoms with van der Waals surface area (Å²) in [5.74, 6) is -0.0997. The van der Waals surface area contributed by atoms with Gasteiger partial charge >= 0.3 is 0 Å². The molecule has 0 saturated heterocycles. The van der Waals surface area contributed by atoms with Gasteiger partial charge in [-0.15, -0.1) is 0 Å². The molecule has 1 N–H and O–H groups in total. The van der Waals surface area contributed by atoms with E-state index in [0.717, 1.165) is 18.4 Å². The first-order chi connectivity index (χ1) is 7.79. The molecule has 16 heavy (non-hydrogen) atoms. The molecule has 1 aromatic rings. The van der Waals surface area contributed by atoms with Crippen molar-refractivity contribution in [2.24, 2.45) is 0 Å². The number of hydrogen-bond donors (Lipinski definition) is 1. The van der Waals surface area contributed by atoms with Gasteiger partial charge in [0.2, 0.25) is 0 Å². The first-order valence-electron chi connectivity index (χ1n) is 6.21. The third kappa shape index (κ3) is 3.93. The molecule has 1 atom stereocenters. The van der Waals surface area contributed by atoms with Gasteiger partial charge in [0, 0.05) is 11.6 Å². The van der Waals surface area contributed by atoms with Crippen LogP contribution in [-0.4, -0.2) is 7.05 Å². The Kier molecular flexibility index (Phi) is 6.09. The molecule has 0 spiro atoms. The van der Waals surface area contributed by atoms with Crippen molar-refractivity contribution in [1.29, 1.82) is 0 Å². The van der Waals surface area contributed by atoms with Crippen molar-refractivity contribution >= 4 is 0 Å². The predicted molar refractivity (Wildman–Crippen MR) is 67.0 cm³/mol. The van der Waals surface area contributed by atoms with E-state index in [4.69, 9.17) is 0 Å². The lowest BCUT2D eigenvalue weighted by molar-refractivity contribution is 0.480. The van der Waals surface area contributed by atoms with E-state index in [1.54, 1.807) is 6.07 Å². The summed E-state index contributed by atoms with van der Waals surface area (Å²) in [6.45, 7) is 2.20. The Bertz CT molecular complexity index is 299. The van der Waals surface area contributed by atoms with Gasteiger partial charge < -0.3 is 5.32 Å².